The van der Waals surface area contributed by atoms with Gasteiger partial charge in [-0.1, -0.05) is 72.3 Å². The highest BCUT2D eigenvalue weighted by molar-refractivity contribution is 6.33. The quantitative estimate of drug-likeness (QED) is 0.446. The second-order valence-corrected chi connectivity index (χ2v) is 7.56. The molecular weight excluding hydrogens is 384 g/mol. The van der Waals surface area contributed by atoms with E-state index in [1.165, 1.54) is 0 Å². The van der Waals surface area contributed by atoms with Crippen molar-refractivity contribution in [2.75, 3.05) is 4.90 Å². The average Bonchev–Trinajstić information content (AvgIpc) is 3.11. The van der Waals surface area contributed by atoms with Crippen LogP contribution in [0.25, 0.3) is 16.8 Å². The first-order valence-corrected chi connectivity index (χ1v) is 10.1. The van der Waals surface area contributed by atoms with E-state index in [-0.39, 0.29) is 11.7 Å². The maximum atomic E-state index is 13.5. The number of carbonyl (C=O) groups excluding carboxylic acids is 1. The van der Waals surface area contributed by atoms with Crippen LogP contribution < -0.4 is 4.90 Å². The molecule has 0 atom stereocenters. The largest absolute Gasteiger partial charge is 0.508 e. The molecule has 4 aromatic carbocycles. The maximum Gasteiger partial charge on any atom is 0.282 e. The molecule has 0 aliphatic carbocycles. The van der Waals surface area contributed by atoms with E-state index in [0.717, 1.165) is 27.5 Å². The zero-order chi connectivity index (χ0) is 21.4. The predicted octanol–water partition coefficient (Wildman–Crippen LogP) is 5.69. The standard InChI is InChI=1S/C27H20N2O2/c1-18-9-11-20(12-10-18)26-28-25(27(31)29(26)22-13-15-23(30)16-14-22)17-21-7-4-6-19-5-2-3-8-24(19)21/h2-17,30H,1H3/b25-17+. The number of anilines is 1. The van der Waals surface area contributed by atoms with Gasteiger partial charge >= 0.3 is 0 Å². The van der Waals surface area contributed by atoms with Gasteiger partial charge in [0.05, 0.1) is 5.69 Å². The molecule has 150 valence electrons. The van der Waals surface area contributed by atoms with Crippen molar-refractivity contribution in [3.63, 3.8) is 0 Å². The Morgan fingerprint density at radius 3 is 2.32 bits per heavy atom. The fraction of sp³-hybridized carbons (Fsp3) is 0.0370. The van der Waals surface area contributed by atoms with Crippen LogP contribution in [0.4, 0.5) is 5.69 Å². The molecule has 0 aromatic heterocycles. The number of benzene rings is 4. The lowest BCUT2D eigenvalue weighted by atomic mass is 10.0. The highest BCUT2D eigenvalue weighted by atomic mass is 16.3. The minimum Gasteiger partial charge on any atom is -0.508 e. The van der Waals surface area contributed by atoms with Crippen LogP contribution in [0.5, 0.6) is 5.75 Å². The normalized spacial score (nSPS) is 15.0. The van der Waals surface area contributed by atoms with E-state index in [1.54, 1.807) is 29.2 Å². The lowest BCUT2D eigenvalue weighted by Crippen LogP contribution is -2.32. The number of fused-ring (bicyclic) bond motifs is 1. The summed E-state index contributed by atoms with van der Waals surface area (Å²) < 4.78 is 0. The molecule has 0 saturated heterocycles. The highest BCUT2D eigenvalue weighted by Gasteiger charge is 2.32. The number of phenols is 1. The first kappa shape index (κ1) is 18.8. The van der Waals surface area contributed by atoms with Gasteiger partial charge in [-0.3, -0.25) is 9.69 Å². The van der Waals surface area contributed by atoms with Gasteiger partial charge < -0.3 is 5.11 Å². The SMILES string of the molecule is Cc1ccc(C2=N/C(=C/c3cccc4ccccc34)C(=O)N2c2ccc(O)cc2)cc1. The van der Waals surface area contributed by atoms with Crippen LogP contribution >= 0.6 is 0 Å². The van der Waals surface area contributed by atoms with E-state index in [9.17, 15) is 9.90 Å². The average molecular weight is 404 g/mol. The number of aromatic hydroxyl groups is 1. The number of aryl methyl sites for hydroxylation is 1. The predicted molar refractivity (Wildman–Crippen MR) is 125 cm³/mol. The van der Waals surface area contributed by atoms with Crippen LogP contribution in [0.15, 0.2) is 102 Å². The second-order valence-electron chi connectivity index (χ2n) is 7.56. The number of aliphatic imine (C=N–C) groups is 1. The lowest BCUT2D eigenvalue weighted by molar-refractivity contribution is -0.113. The number of carbonyl (C=O) groups is 1. The summed E-state index contributed by atoms with van der Waals surface area (Å²) in [6.07, 6.45) is 1.85. The van der Waals surface area contributed by atoms with Crippen LogP contribution in [0, 0.1) is 6.92 Å². The van der Waals surface area contributed by atoms with Crippen molar-refractivity contribution < 1.29 is 9.90 Å². The van der Waals surface area contributed by atoms with Crippen molar-refractivity contribution in [3.05, 3.63) is 113 Å². The topological polar surface area (TPSA) is 52.9 Å². The molecule has 1 aliphatic heterocycles. The van der Waals surface area contributed by atoms with Gasteiger partial charge in [-0.15, -0.1) is 0 Å². The maximum absolute atomic E-state index is 13.5. The van der Waals surface area contributed by atoms with Crippen LogP contribution in [-0.2, 0) is 4.79 Å². The Morgan fingerprint density at radius 1 is 0.839 bits per heavy atom. The molecule has 1 amide bonds. The van der Waals surface area contributed by atoms with E-state index in [1.807, 2.05) is 67.6 Å². The lowest BCUT2D eigenvalue weighted by Gasteiger charge is -2.18. The van der Waals surface area contributed by atoms with Crippen LogP contribution in [0.3, 0.4) is 0 Å². The third kappa shape index (κ3) is 3.49. The summed E-state index contributed by atoms with van der Waals surface area (Å²) in [5.41, 5.74) is 3.97. The Morgan fingerprint density at radius 2 is 1.55 bits per heavy atom. The van der Waals surface area contributed by atoms with Crippen molar-refractivity contribution in [3.8, 4) is 5.75 Å². The Kier molecular flexibility index (Phi) is 4.60. The first-order chi connectivity index (χ1) is 15.1. The van der Waals surface area contributed by atoms with Gasteiger partial charge in [-0.25, -0.2) is 4.99 Å². The van der Waals surface area contributed by atoms with Crippen LogP contribution in [-0.4, -0.2) is 16.8 Å². The number of nitrogens with zero attached hydrogens (tertiary/aromatic N) is 2. The van der Waals surface area contributed by atoms with Crippen molar-refractivity contribution >= 4 is 34.3 Å². The van der Waals surface area contributed by atoms with Crippen LogP contribution in [0.2, 0.25) is 0 Å². The summed E-state index contributed by atoms with van der Waals surface area (Å²) >= 11 is 0. The minimum atomic E-state index is -0.200. The van der Waals surface area contributed by atoms with E-state index in [2.05, 4.69) is 12.1 Å². The van der Waals surface area contributed by atoms with E-state index in [0.29, 0.717) is 17.2 Å². The van der Waals surface area contributed by atoms with E-state index < -0.39 is 0 Å². The molecule has 1 heterocycles. The van der Waals surface area contributed by atoms with Gasteiger partial charge in [-0.05, 0) is 53.6 Å². The molecule has 4 heteroatoms. The molecule has 0 saturated carbocycles. The number of hydrogen-bond donors (Lipinski definition) is 1. The summed E-state index contributed by atoms with van der Waals surface area (Å²) in [5, 5.41) is 11.9. The van der Waals surface area contributed by atoms with E-state index in [4.69, 9.17) is 4.99 Å². The Bertz CT molecular complexity index is 1350. The molecule has 1 aliphatic rings. The first-order valence-electron chi connectivity index (χ1n) is 10.1. The van der Waals surface area contributed by atoms with Gasteiger partial charge in [0.2, 0.25) is 0 Å². The molecule has 4 nitrogen and oxygen atoms in total. The minimum absolute atomic E-state index is 0.149. The van der Waals surface area contributed by atoms with Gasteiger partial charge in [0.15, 0.2) is 0 Å². The fourth-order valence-corrected chi connectivity index (χ4v) is 3.78. The number of hydrogen-bond acceptors (Lipinski definition) is 3. The molecule has 0 unspecified atom stereocenters. The highest BCUT2D eigenvalue weighted by Crippen LogP contribution is 2.30. The number of phenolic OH excluding ortho intramolecular Hbond substituents is 1. The molecular formula is C27H20N2O2. The Hall–Kier alpha value is -4.18. The molecule has 0 radical (unpaired) electrons. The van der Waals surface area contributed by atoms with Gasteiger partial charge in [-0.2, -0.15) is 0 Å². The summed E-state index contributed by atoms with van der Waals surface area (Å²) in [6, 6.07) is 28.6. The zero-order valence-electron chi connectivity index (χ0n) is 17.0. The van der Waals surface area contributed by atoms with Crippen molar-refractivity contribution in [1.82, 2.24) is 0 Å². The molecule has 0 bridgehead atoms. The molecule has 5 rings (SSSR count). The smallest absolute Gasteiger partial charge is 0.282 e. The third-order valence-corrected chi connectivity index (χ3v) is 5.39. The third-order valence-electron chi connectivity index (χ3n) is 5.39. The summed E-state index contributed by atoms with van der Waals surface area (Å²) in [5.74, 6) is 0.520. The monoisotopic (exact) mass is 404 g/mol. The second kappa shape index (κ2) is 7.58. The number of rotatable bonds is 3. The molecule has 0 spiro atoms. The summed E-state index contributed by atoms with van der Waals surface area (Å²) in [7, 11) is 0. The Labute approximate surface area is 180 Å². The summed E-state index contributed by atoms with van der Waals surface area (Å²) in [4.78, 5) is 19.8. The van der Waals surface area contributed by atoms with Gasteiger partial charge in [0.25, 0.3) is 5.91 Å². The molecule has 4 aromatic rings. The van der Waals surface area contributed by atoms with Crippen molar-refractivity contribution in [1.29, 1.82) is 0 Å². The van der Waals surface area contributed by atoms with Gasteiger partial charge in [0.1, 0.15) is 17.3 Å². The molecule has 31 heavy (non-hydrogen) atoms. The molecule has 0 fully saturated rings. The number of amidine groups is 1. The van der Waals surface area contributed by atoms with E-state index >= 15 is 0 Å². The molecule has 1 N–H and O–H groups in total. The Balaban J connectivity index is 1.66. The summed E-state index contributed by atoms with van der Waals surface area (Å²) in [6.45, 7) is 2.02. The zero-order valence-corrected chi connectivity index (χ0v) is 17.0. The van der Waals surface area contributed by atoms with Gasteiger partial charge in [0, 0.05) is 5.56 Å². The van der Waals surface area contributed by atoms with Crippen molar-refractivity contribution in [2.24, 2.45) is 4.99 Å². The fourth-order valence-electron chi connectivity index (χ4n) is 3.78. The van der Waals surface area contributed by atoms with Crippen LogP contribution in [0.1, 0.15) is 16.7 Å². The van der Waals surface area contributed by atoms with Crippen molar-refractivity contribution in [2.45, 2.75) is 6.92 Å². The number of amides is 1.